The van der Waals surface area contributed by atoms with Crippen LogP contribution in [0.15, 0.2) is 0 Å². The lowest BCUT2D eigenvalue weighted by atomic mass is 10.1. The molecular weight excluding hydrogens is 236 g/mol. The molecule has 0 aromatic carbocycles. The van der Waals surface area contributed by atoms with E-state index in [1.54, 1.807) is 0 Å². The molecule has 0 bridgehead atoms. The van der Waals surface area contributed by atoms with Crippen LogP contribution in [0.5, 0.6) is 0 Å². The van der Waals surface area contributed by atoms with Gasteiger partial charge in [0.25, 0.3) is 0 Å². The largest absolute Gasteiger partial charge is 0.323 e. The molecule has 112 valence electrons. The minimum atomic E-state index is 0.0681. The molecule has 1 saturated heterocycles. The fraction of sp³-hybridized carbons (Fsp3) is 0.938. The molecule has 19 heavy (non-hydrogen) atoms. The lowest BCUT2D eigenvalue weighted by molar-refractivity contribution is -0.132. The van der Waals surface area contributed by atoms with Crippen molar-refractivity contribution in [1.29, 1.82) is 0 Å². The first-order valence-corrected chi connectivity index (χ1v) is 8.23. The molecule has 3 atom stereocenters. The predicted octanol–water partition coefficient (Wildman–Crippen LogP) is 3.68. The third kappa shape index (κ3) is 4.48. The van der Waals surface area contributed by atoms with Crippen LogP contribution in [-0.4, -0.2) is 29.1 Å². The van der Waals surface area contributed by atoms with E-state index < -0.39 is 0 Å². The van der Waals surface area contributed by atoms with Gasteiger partial charge in [0.15, 0.2) is 0 Å². The summed E-state index contributed by atoms with van der Waals surface area (Å²) in [5.74, 6) is 0.337. The molecule has 1 rings (SSSR count). The highest BCUT2D eigenvalue weighted by Crippen LogP contribution is 2.22. The number of hydrogen-bond acceptors (Lipinski definition) is 2. The molecule has 1 amide bonds. The van der Waals surface area contributed by atoms with Crippen LogP contribution in [0, 0.1) is 0 Å². The van der Waals surface area contributed by atoms with Crippen LogP contribution in [0.25, 0.3) is 0 Å². The van der Waals surface area contributed by atoms with E-state index in [2.05, 4.69) is 37.9 Å². The van der Waals surface area contributed by atoms with E-state index in [9.17, 15) is 4.79 Å². The van der Waals surface area contributed by atoms with Crippen LogP contribution in [0.4, 0.5) is 0 Å². The van der Waals surface area contributed by atoms with Gasteiger partial charge in [0, 0.05) is 6.04 Å². The molecule has 1 fully saturated rings. The zero-order valence-corrected chi connectivity index (χ0v) is 13.2. The Balaban J connectivity index is 2.55. The summed E-state index contributed by atoms with van der Waals surface area (Å²) < 4.78 is 0. The quantitative estimate of drug-likeness (QED) is 0.647. The smallest absolute Gasteiger partial charge is 0.241 e. The van der Waals surface area contributed by atoms with Crippen molar-refractivity contribution >= 4 is 5.91 Å². The van der Waals surface area contributed by atoms with Crippen molar-refractivity contribution in [2.45, 2.75) is 97.3 Å². The number of hydrogen-bond donors (Lipinski definition) is 1. The maximum Gasteiger partial charge on any atom is 0.241 e. The minimum absolute atomic E-state index is 0.0681. The van der Waals surface area contributed by atoms with E-state index in [4.69, 9.17) is 0 Å². The summed E-state index contributed by atoms with van der Waals surface area (Å²) in [6.45, 7) is 8.78. The Bertz CT molecular complexity index is 267. The SMILES string of the molecule is CCCCCC(C)N1C(=O)C(CCCC)NC1CC. The van der Waals surface area contributed by atoms with Crippen LogP contribution >= 0.6 is 0 Å². The molecule has 1 heterocycles. The summed E-state index contributed by atoms with van der Waals surface area (Å²) in [4.78, 5) is 14.6. The maximum absolute atomic E-state index is 12.5. The highest BCUT2D eigenvalue weighted by molar-refractivity contribution is 5.84. The molecule has 3 unspecified atom stereocenters. The topological polar surface area (TPSA) is 32.3 Å². The van der Waals surface area contributed by atoms with Crippen molar-refractivity contribution in [3.63, 3.8) is 0 Å². The Labute approximate surface area is 119 Å². The molecule has 3 heteroatoms. The highest BCUT2D eigenvalue weighted by Gasteiger charge is 2.39. The van der Waals surface area contributed by atoms with E-state index >= 15 is 0 Å². The van der Waals surface area contributed by atoms with Crippen LogP contribution in [0.3, 0.4) is 0 Å². The Hall–Kier alpha value is -0.570. The van der Waals surface area contributed by atoms with Gasteiger partial charge in [-0.25, -0.2) is 0 Å². The molecule has 1 aliphatic rings. The van der Waals surface area contributed by atoms with Crippen molar-refractivity contribution in [3.05, 3.63) is 0 Å². The summed E-state index contributed by atoms with van der Waals surface area (Å²) in [7, 11) is 0. The maximum atomic E-state index is 12.5. The first-order valence-electron chi connectivity index (χ1n) is 8.23. The molecule has 0 radical (unpaired) electrons. The molecule has 0 aromatic heterocycles. The molecular formula is C16H32N2O. The van der Waals surface area contributed by atoms with E-state index in [1.807, 2.05) is 0 Å². The third-order valence-electron chi connectivity index (χ3n) is 4.22. The number of carbonyl (C=O) groups is 1. The van der Waals surface area contributed by atoms with Gasteiger partial charge in [0.05, 0.1) is 12.2 Å². The second kappa shape index (κ2) is 8.57. The zero-order chi connectivity index (χ0) is 14.3. The highest BCUT2D eigenvalue weighted by atomic mass is 16.2. The Morgan fingerprint density at radius 3 is 2.42 bits per heavy atom. The molecule has 0 spiro atoms. The second-order valence-electron chi connectivity index (χ2n) is 5.88. The van der Waals surface area contributed by atoms with Crippen LogP contribution in [-0.2, 0) is 4.79 Å². The molecule has 1 aliphatic heterocycles. The summed E-state index contributed by atoms with van der Waals surface area (Å²) in [5.41, 5.74) is 0. The average molecular weight is 268 g/mol. The summed E-state index contributed by atoms with van der Waals surface area (Å²) in [6, 6.07) is 0.446. The molecule has 1 N–H and O–H groups in total. The Kier molecular flexibility index (Phi) is 7.44. The fourth-order valence-electron chi connectivity index (χ4n) is 3.00. The monoisotopic (exact) mass is 268 g/mol. The Morgan fingerprint density at radius 2 is 1.84 bits per heavy atom. The minimum Gasteiger partial charge on any atom is -0.323 e. The summed E-state index contributed by atoms with van der Waals surface area (Å²) in [5, 5.41) is 3.52. The van der Waals surface area contributed by atoms with Gasteiger partial charge < -0.3 is 4.90 Å². The van der Waals surface area contributed by atoms with Gasteiger partial charge in [0.2, 0.25) is 5.91 Å². The van der Waals surface area contributed by atoms with Crippen LogP contribution < -0.4 is 5.32 Å². The van der Waals surface area contributed by atoms with Crippen LogP contribution in [0.2, 0.25) is 0 Å². The number of rotatable bonds is 9. The average Bonchev–Trinajstić information content (AvgIpc) is 2.73. The van der Waals surface area contributed by atoms with E-state index in [1.165, 1.54) is 19.3 Å². The van der Waals surface area contributed by atoms with Gasteiger partial charge in [-0.1, -0.05) is 52.9 Å². The van der Waals surface area contributed by atoms with Gasteiger partial charge in [-0.3, -0.25) is 10.1 Å². The standard InChI is InChI=1S/C16H32N2O/c1-5-8-10-11-13(4)18-15(7-3)17-14(16(18)19)12-9-6-2/h13-15,17H,5-12H2,1-4H3. The second-order valence-corrected chi connectivity index (χ2v) is 5.88. The normalized spacial score (nSPS) is 25.1. The lowest BCUT2D eigenvalue weighted by Crippen LogP contribution is -2.42. The van der Waals surface area contributed by atoms with Crippen molar-refractivity contribution in [2.75, 3.05) is 0 Å². The molecule has 0 saturated carbocycles. The summed E-state index contributed by atoms with van der Waals surface area (Å²) in [6.07, 6.45) is 9.44. The van der Waals surface area contributed by atoms with E-state index in [0.717, 1.165) is 32.1 Å². The van der Waals surface area contributed by atoms with E-state index in [0.29, 0.717) is 11.9 Å². The lowest BCUT2D eigenvalue weighted by Gasteiger charge is -2.30. The number of nitrogens with zero attached hydrogens (tertiary/aromatic N) is 1. The van der Waals surface area contributed by atoms with Crippen LogP contribution in [0.1, 0.15) is 79.1 Å². The van der Waals surface area contributed by atoms with Gasteiger partial charge in [0.1, 0.15) is 0 Å². The molecule has 0 aliphatic carbocycles. The fourth-order valence-corrected chi connectivity index (χ4v) is 3.00. The predicted molar refractivity (Wildman–Crippen MR) is 81.0 cm³/mol. The van der Waals surface area contributed by atoms with Crippen molar-refractivity contribution in [3.8, 4) is 0 Å². The van der Waals surface area contributed by atoms with Gasteiger partial charge in [-0.2, -0.15) is 0 Å². The number of unbranched alkanes of at least 4 members (excludes halogenated alkanes) is 3. The Morgan fingerprint density at radius 1 is 1.16 bits per heavy atom. The number of nitrogens with one attached hydrogen (secondary N) is 1. The zero-order valence-electron chi connectivity index (χ0n) is 13.2. The first kappa shape index (κ1) is 16.5. The van der Waals surface area contributed by atoms with E-state index in [-0.39, 0.29) is 12.2 Å². The number of carbonyl (C=O) groups excluding carboxylic acids is 1. The molecule has 3 nitrogen and oxygen atoms in total. The first-order chi connectivity index (χ1) is 9.15. The molecule has 0 aromatic rings. The van der Waals surface area contributed by atoms with Gasteiger partial charge >= 0.3 is 0 Å². The number of amides is 1. The third-order valence-corrected chi connectivity index (χ3v) is 4.22. The van der Waals surface area contributed by atoms with Gasteiger partial charge in [-0.15, -0.1) is 0 Å². The van der Waals surface area contributed by atoms with Gasteiger partial charge in [-0.05, 0) is 26.2 Å². The van der Waals surface area contributed by atoms with Crippen molar-refractivity contribution in [2.24, 2.45) is 0 Å². The van der Waals surface area contributed by atoms with Crippen molar-refractivity contribution < 1.29 is 4.79 Å². The summed E-state index contributed by atoms with van der Waals surface area (Å²) >= 11 is 0. The van der Waals surface area contributed by atoms with Crippen molar-refractivity contribution in [1.82, 2.24) is 10.2 Å².